The Morgan fingerprint density at radius 2 is 1.64 bits per heavy atom. The zero-order chi connectivity index (χ0) is 30.3. The Hall–Kier alpha value is -3.73. The summed E-state index contributed by atoms with van der Waals surface area (Å²) < 4.78 is 34.1. The maximum absolute atomic E-state index is 13.7. The normalized spacial score (nSPS) is 17.5. The minimum Gasteiger partial charge on any atom is -0.434 e. The van der Waals surface area contributed by atoms with Gasteiger partial charge in [0.25, 0.3) is 5.91 Å². The number of cyclic esters (lactones) is 1. The number of aryl methyl sites for hydroxylation is 1. The molecule has 10 heteroatoms. The molecule has 1 aliphatic heterocycles. The Balaban J connectivity index is 1.55. The topological polar surface area (TPSA) is 116 Å². The average molecular weight is 594 g/mol. The standard InChI is InChI=1S/C32H39N3O6S/c1-4-23(2)20-34(42(39,40)27-17-15-24(3)16-18-27)21-29(36)28(19-25-11-7-5-8-12-25)33-31(37)30-22-35(32(38)41-30)26-13-9-6-10-14-26/h5-18,23,28-30,36H,4,19-22H2,1-3H3,(H,33,37)/t23-,28-,29+,30+/m0/s1. The van der Waals surface area contributed by atoms with Crippen molar-refractivity contribution in [3.05, 3.63) is 96.1 Å². The summed E-state index contributed by atoms with van der Waals surface area (Å²) in [6.07, 6.45) is -1.97. The molecule has 0 radical (unpaired) electrons. The fourth-order valence-corrected chi connectivity index (χ4v) is 6.37. The van der Waals surface area contributed by atoms with Crippen molar-refractivity contribution < 1.29 is 27.9 Å². The lowest BCUT2D eigenvalue weighted by atomic mass is 10.0. The van der Waals surface area contributed by atoms with E-state index in [1.54, 1.807) is 48.5 Å². The molecule has 2 N–H and O–H groups in total. The first-order valence-electron chi connectivity index (χ1n) is 14.2. The van der Waals surface area contributed by atoms with Crippen LogP contribution in [0.5, 0.6) is 0 Å². The Morgan fingerprint density at radius 1 is 1.02 bits per heavy atom. The summed E-state index contributed by atoms with van der Waals surface area (Å²) >= 11 is 0. The Kier molecular flexibility index (Phi) is 10.4. The van der Waals surface area contributed by atoms with E-state index in [1.807, 2.05) is 57.2 Å². The number of sulfonamides is 1. The number of amides is 2. The largest absolute Gasteiger partial charge is 0.434 e. The molecule has 0 aliphatic carbocycles. The highest BCUT2D eigenvalue weighted by atomic mass is 32.2. The van der Waals surface area contributed by atoms with Crippen molar-refractivity contribution in [1.82, 2.24) is 9.62 Å². The molecule has 1 saturated heterocycles. The molecule has 0 spiro atoms. The molecule has 3 aromatic rings. The number of ether oxygens (including phenoxy) is 1. The number of para-hydroxylation sites is 1. The van der Waals surface area contributed by atoms with Crippen molar-refractivity contribution in [1.29, 1.82) is 0 Å². The van der Waals surface area contributed by atoms with Crippen LogP contribution in [0, 0.1) is 12.8 Å². The van der Waals surface area contributed by atoms with Crippen molar-refractivity contribution in [3.8, 4) is 0 Å². The molecule has 1 aliphatic rings. The zero-order valence-corrected chi connectivity index (χ0v) is 25.0. The van der Waals surface area contributed by atoms with Crippen LogP contribution in [0.3, 0.4) is 0 Å². The number of aliphatic hydroxyl groups is 1. The van der Waals surface area contributed by atoms with E-state index in [0.717, 1.165) is 17.5 Å². The van der Waals surface area contributed by atoms with Crippen LogP contribution in [-0.4, -0.2) is 67.7 Å². The predicted octanol–water partition coefficient (Wildman–Crippen LogP) is 4.15. The molecular weight excluding hydrogens is 554 g/mol. The third-order valence-corrected chi connectivity index (χ3v) is 9.37. The number of carbonyl (C=O) groups excluding carboxylic acids is 2. The summed E-state index contributed by atoms with van der Waals surface area (Å²) in [7, 11) is -3.93. The minimum absolute atomic E-state index is 0.0186. The van der Waals surface area contributed by atoms with Gasteiger partial charge in [0.15, 0.2) is 6.10 Å². The molecule has 1 heterocycles. The van der Waals surface area contributed by atoms with Gasteiger partial charge in [-0.25, -0.2) is 13.2 Å². The van der Waals surface area contributed by atoms with Gasteiger partial charge in [-0.15, -0.1) is 0 Å². The van der Waals surface area contributed by atoms with E-state index in [-0.39, 0.29) is 36.9 Å². The SMILES string of the molecule is CC[C@H](C)CN(C[C@@H](O)[C@H](Cc1ccccc1)NC(=O)[C@H]1CN(c2ccccc2)C(=O)O1)S(=O)(=O)c1ccc(C)cc1. The molecule has 42 heavy (non-hydrogen) atoms. The molecule has 1 fully saturated rings. The number of carbonyl (C=O) groups is 2. The van der Waals surface area contributed by atoms with Crippen molar-refractivity contribution >= 4 is 27.7 Å². The smallest absolute Gasteiger partial charge is 0.415 e. The zero-order valence-electron chi connectivity index (χ0n) is 24.2. The first kappa shape index (κ1) is 31.2. The molecule has 0 saturated carbocycles. The van der Waals surface area contributed by atoms with Crippen molar-refractivity contribution in [2.75, 3.05) is 24.5 Å². The fourth-order valence-electron chi connectivity index (χ4n) is 4.79. The maximum atomic E-state index is 13.7. The van der Waals surface area contributed by atoms with Gasteiger partial charge in [-0.1, -0.05) is 86.5 Å². The Labute approximate surface area is 248 Å². The van der Waals surface area contributed by atoms with E-state index >= 15 is 0 Å². The number of hydrogen-bond donors (Lipinski definition) is 2. The minimum atomic E-state index is -3.93. The van der Waals surface area contributed by atoms with Crippen LogP contribution in [-0.2, 0) is 26.0 Å². The number of nitrogens with one attached hydrogen (secondary N) is 1. The molecule has 9 nitrogen and oxygen atoms in total. The lowest BCUT2D eigenvalue weighted by Gasteiger charge is -2.31. The van der Waals surface area contributed by atoms with Crippen molar-refractivity contribution in [2.24, 2.45) is 5.92 Å². The summed E-state index contributed by atoms with van der Waals surface area (Å²) in [5, 5.41) is 14.4. The van der Waals surface area contributed by atoms with E-state index in [9.17, 15) is 23.1 Å². The van der Waals surface area contributed by atoms with Crippen molar-refractivity contribution in [3.63, 3.8) is 0 Å². The second-order valence-electron chi connectivity index (χ2n) is 10.8. The predicted molar refractivity (Wildman–Crippen MR) is 162 cm³/mol. The molecule has 3 aromatic carbocycles. The maximum Gasteiger partial charge on any atom is 0.415 e. The fraction of sp³-hybridized carbons (Fsp3) is 0.375. The highest BCUT2D eigenvalue weighted by Crippen LogP contribution is 2.23. The lowest BCUT2D eigenvalue weighted by Crippen LogP contribution is -2.53. The lowest BCUT2D eigenvalue weighted by molar-refractivity contribution is -0.129. The first-order valence-corrected chi connectivity index (χ1v) is 15.6. The summed E-state index contributed by atoms with van der Waals surface area (Å²) in [6, 6.07) is 24.0. The van der Waals surface area contributed by atoms with E-state index in [1.165, 1.54) is 9.21 Å². The molecule has 224 valence electrons. The first-order chi connectivity index (χ1) is 20.1. The Bertz CT molecular complexity index is 1430. The number of hydrogen-bond acceptors (Lipinski definition) is 6. The molecule has 4 atom stereocenters. The molecule has 4 rings (SSSR count). The van der Waals surface area contributed by atoms with Gasteiger partial charge in [-0.3, -0.25) is 9.69 Å². The van der Waals surface area contributed by atoms with E-state index in [2.05, 4.69) is 5.32 Å². The molecule has 2 amide bonds. The van der Waals surface area contributed by atoms with Crippen LogP contribution in [0.4, 0.5) is 10.5 Å². The van der Waals surface area contributed by atoms with E-state index < -0.39 is 40.3 Å². The van der Waals surface area contributed by atoms with E-state index in [0.29, 0.717) is 5.69 Å². The second-order valence-corrected chi connectivity index (χ2v) is 12.8. The van der Waals surface area contributed by atoms with Gasteiger partial charge in [0.05, 0.1) is 23.6 Å². The van der Waals surface area contributed by atoms with Gasteiger partial charge in [0, 0.05) is 18.8 Å². The second kappa shape index (κ2) is 14.0. The number of nitrogens with zero attached hydrogens (tertiary/aromatic N) is 2. The van der Waals surface area contributed by atoms with Gasteiger partial charge in [-0.05, 0) is 49.1 Å². The van der Waals surface area contributed by atoms with Crippen LogP contribution in [0.25, 0.3) is 0 Å². The molecular formula is C32H39N3O6S. The molecule has 0 bridgehead atoms. The number of anilines is 1. The monoisotopic (exact) mass is 593 g/mol. The summed E-state index contributed by atoms with van der Waals surface area (Å²) in [4.78, 5) is 27.4. The van der Waals surface area contributed by atoms with Gasteiger partial charge < -0.3 is 15.2 Å². The van der Waals surface area contributed by atoms with Gasteiger partial charge in [-0.2, -0.15) is 4.31 Å². The number of aliphatic hydroxyl groups excluding tert-OH is 1. The summed E-state index contributed by atoms with van der Waals surface area (Å²) in [5.74, 6) is -0.516. The molecule has 0 unspecified atom stereocenters. The van der Waals surface area contributed by atoms with Crippen LogP contribution in [0.15, 0.2) is 89.8 Å². The van der Waals surface area contributed by atoms with Gasteiger partial charge >= 0.3 is 6.09 Å². The average Bonchev–Trinajstić information content (AvgIpc) is 3.39. The van der Waals surface area contributed by atoms with Crippen molar-refractivity contribution in [2.45, 2.75) is 56.8 Å². The number of rotatable bonds is 13. The summed E-state index contributed by atoms with van der Waals surface area (Å²) in [5.41, 5.74) is 2.40. The quantitative estimate of drug-likeness (QED) is 0.308. The third kappa shape index (κ3) is 7.76. The van der Waals surface area contributed by atoms with Gasteiger partial charge in [0.2, 0.25) is 10.0 Å². The molecule has 0 aromatic heterocycles. The van der Waals surface area contributed by atoms with Crippen LogP contribution < -0.4 is 10.2 Å². The third-order valence-electron chi connectivity index (χ3n) is 7.52. The number of benzene rings is 3. The van der Waals surface area contributed by atoms with Crippen LogP contribution >= 0.6 is 0 Å². The van der Waals surface area contributed by atoms with Crippen LogP contribution in [0.2, 0.25) is 0 Å². The highest BCUT2D eigenvalue weighted by molar-refractivity contribution is 7.89. The summed E-state index contributed by atoms with van der Waals surface area (Å²) in [6.45, 7) is 5.83. The van der Waals surface area contributed by atoms with Gasteiger partial charge in [0.1, 0.15) is 0 Å². The Morgan fingerprint density at radius 3 is 2.26 bits per heavy atom. The van der Waals surface area contributed by atoms with Crippen LogP contribution in [0.1, 0.15) is 31.4 Å². The highest BCUT2D eigenvalue weighted by Gasteiger charge is 2.39. The van der Waals surface area contributed by atoms with E-state index in [4.69, 9.17) is 4.74 Å².